The average Bonchev–Trinajstić information content (AvgIpc) is 3.23. The molecule has 59 heavy (non-hydrogen) atoms. The van der Waals surface area contributed by atoms with Gasteiger partial charge in [-0.1, -0.05) is 211 Å². The number of amides is 1. The summed E-state index contributed by atoms with van der Waals surface area (Å²) in [6.07, 6.45) is 54.8. The zero-order valence-corrected chi connectivity index (χ0v) is 39.4. The van der Waals surface area contributed by atoms with Crippen LogP contribution in [0, 0.1) is 0 Å². The molecule has 0 saturated carbocycles. The van der Waals surface area contributed by atoms with E-state index in [0.29, 0.717) is 19.3 Å². The first-order valence-corrected chi connectivity index (χ1v) is 25.7. The van der Waals surface area contributed by atoms with Crippen molar-refractivity contribution in [1.29, 1.82) is 0 Å². The number of rotatable bonds is 46. The molecule has 3 N–H and O–H groups in total. The van der Waals surface area contributed by atoms with E-state index in [1.165, 1.54) is 148 Å². The first-order valence-electron chi connectivity index (χ1n) is 25.7. The SMILES string of the molecule is CCCCC/C=C/C=C/CCCCCCCCC(=O)OC(CCCCCCC/C=C/CCCCCCCC)CC(=O)NC(CO)C(O)CCCCCCCCCCCC. The third kappa shape index (κ3) is 42.6. The van der Waals surface area contributed by atoms with Gasteiger partial charge in [0.1, 0.15) is 6.10 Å². The lowest BCUT2D eigenvalue weighted by Crippen LogP contribution is -2.46. The summed E-state index contributed by atoms with van der Waals surface area (Å²) in [7, 11) is 0. The smallest absolute Gasteiger partial charge is 0.306 e. The zero-order valence-electron chi connectivity index (χ0n) is 39.4. The number of ether oxygens (including phenoxy) is 1. The minimum Gasteiger partial charge on any atom is -0.462 e. The fraction of sp³-hybridized carbons (Fsp3) is 0.849. The topological polar surface area (TPSA) is 95.9 Å². The van der Waals surface area contributed by atoms with Gasteiger partial charge in [-0.15, -0.1) is 0 Å². The second kappa shape index (κ2) is 47.1. The molecule has 0 fully saturated rings. The number of unbranched alkanes of at least 4 members (excludes halogenated alkanes) is 29. The van der Waals surface area contributed by atoms with E-state index in [1.54, 1.807) is 0 Å². The van der Waals surface area contributed by atoms with Crippen LogP contribution in [0.4, 0.5) is 0 Å². The van der Waals surface area contributed by atoms with Crippen LogP contribution in [0.15, 0.2) is 36.5 Å². The lowest BCUT2D eigenvalue weighted by atomic mass is 10.0. The van der Waals surface area contributed by atoms with E-state index in [9.17, 15) is 19.8 Å². The first kappa shape index (κ1) is 57.1. The largest absolute Gasteiger partial charge is 0.462 e. The molecule has 346 valence electrons. The minimum absolute atomic E-state index is 0.0692. The number of esters is 1. The van der Waals surface area contributed by atoms with Gasteiger partial charge in [0.2, 0.25) is 5.91 Å². The van der Waals surface area contributed by atoms with Crippen molar-refractivity contribution in [2.45, 2.75) is 283 Å². The number of carbonyl (C=O) groups is 2. The van der Waals surface area contributed by atoms with Gasteiger partial charge in [-0.25, -0.2) is 0 Å². The molecule has 0 aliphatic rings. The molecule has 6 nitrogen and oxygen atoms in total. The molecule has 0 rings (SSSR count). The van der Waals surface area contributed by atoms with Crippen LogP contribution in [0.2, 0.25) is 0 Å². The van der Waals surface area contributed by atoms with Gasteiger partial charge in [0, 0.05) is 6.42 Å². The maximum Gasteiger partial charge on any atom is 0.306 e. The van der Waals surface area contributed by atoms with E-state index in [-0.39, 0.29) is 24.9 Å². The summed E-state index contributed by atoms with van der Waals surface area (Å²) in [5.41, 5.74) is 0. The Bertz CT molecular complexity index is 977. The van der Waals surface area contributed by atoms with Gasteiger partial charge >= 0.3 is 5.97 Å². The highest BCUT2D eigenvalue weighted by atomic mass is 16.5. The predicted molar refractivity (Wildman–Crippen MR) is 255 cm³/mol. The van der Waals surface area contributed by atoms with Gasteiger partial charge in [0.25, 0.3) is 0 Å². The fourth-order valence-corrected chi connectivity index (χ4v) is 7.77. The molecule has 1 amide bonds. The lowest BCUT2D eigenvalue weighted by Gasteiger charge is -2.24. The van der Waals surface area contributed by atoms with Crippen LogP contribution in [0.5, 0.6) is 0 Å². The molecule has 0 saturated heterocycles. The lowest BCUT2D eigenvalue weighted by molar-refractivity contribution is -0.151. The molecule has 0 aliphatic heterocycles. The van der Waals surface area contributed by atoms with Crippen LogP contribution >= 0.6 is 0 Å². The molecule has 0 aromatic carbocycles. The van der Waals surface area contributed by atoms with Crippen molar-refractivity contribution in [3.8, 4) is 0 Å². The summed E-state index contributed by atoms with van der Waals surface area (Å²) in [6, 6.07) is -0.703. The molecule has 6 heteroatoms. The van der Waals surface area contributed by atoms with Gasteiger partial charge in [0.15, 0.2) is 0 Å². The molecular weight excluding hydrogens is 731 g/mol. The standard InChI is InChI=1S/C53H99NO5/c1-4-7-10-13-16-19-22-24-26-28-30-32-35-38-41-44-49(59-53(58)46-43-40-37-34-31-29-27-25-23-20-17-14-11-8-5-2)47-52(57)54-50(48-55)51(56)45-42-39-36-33-21-18-15-12-9-6-3/h17,20,23-26,49-51,55-56H,4-16,18-19,21-22,27-48H2,1-3H3,(H,54,57)/b20-17+,25-23+,26-24+. The number of nitrogens with one attached hydrogen (secondary N) is 1. The van der Waals surface area contributed by atoms with Crippen LogP contribution < -0.4 is 5.32 Å². The Labute approximate surface area is 366 Å². The third-order valence-corrected chi connectivity index (χ3v) is 11.7. The van der Waals surface area contributed by atoms with Crippen molar-refractivity contribution < 1.29 is 24.5 Å². The Balaban J connectivity index is 4.61. The number of hydrogen-bond acceptors (Lipinski definition) is 5. The summed E-state index contributed by atoms with van der Waals surface area (Å²) in [6.45, 7) is 6.44. The van der Waals surface area contributed by atoms with E-state index in [4.69, 9.17) is 4.74 Å². The van der Waals surface area contributed by atoms with Gasteiger partial charge in [-0.2, -0.15) is 0 Å². The Kier molecular flexibility index (Phi) is 45.6. The zero-order chi connectivity index (χ0) is 43.1. The summed E-state index contributed by atoms with van der Waals surface area (Å²) in [4.78, 5) is 26.1. The van der Waals surface area contributed by atoms with Crippen LogP contribution in [0.3, 0.4) is 0 Å². The molecule has 3 atom stereocenters. The molecule has 0 heterocycles. The summed E-state index contributed by atoms with van der Waals surface area (Å²) in [5.74, 6) is -0.488. The van der Waals surface area contributed by atoms with E-state index in [0.717, 1.165) is 70.6 Å². The number of aliphatic hydroxyl groups is 2. The second-order valence-corrected chi connectivity index (χ2v) is 17.6. The Hall–Kier alpha value is -1.92. The maximum absolute atomic E-state index is 13.2. The Morgan fingerprint density at radius 3 is 1.34 bits per heavy atom. The van der Waals surface area contributed by atoms with Crippen molar-refractivity contribution in [2.24, 2.45) is 0 Å². The van der Waals surface area contributed by atoms with E-state index in [1.807, 2.05) is 0 Å². The van der Waals surface area contributed by atoms with E-state index in [2.05, 4.69) is 62.5 Å². The molecule has 0 aliphatic carbocycles. The van der Waals surface area contributed by atoms with Crippen molar-refractivity contribution in [3.05, 3.63) is 36.5 Å². The maximum atomic E-state index is 13.2. The normalized spacial score (nSPS) is 13.5. The molecule has 0 spiro atoms. The first-order chi connectivity index (χ1) is 29.0. The van der Waals surface area contributed by atoms with Gasteiger partial charge in [-0.05, 0) is 77.0 Å². The number of hydrogen-bond donors (Lipinski definition) is 3. The third-order valence-electron chi connectivity index (χ3n) is 11.7. The second-order valence-electron chi connectivity index (χ2n) is 17.6. The van der Waals surface area contributed by atoms with Crippen LogP contribution in [-0.4, -0.2) is 46.9 Å². The van der Waals surface area contributed by atoms with E-state index < -0.39 is 18.2 Å². The fourth-order valence-electron chi connectivity index (χ4n) is 7.77. The number of carbonyl (C=O) groups excluding carboxylic acids is 2. The average molecular weight is 830 g/mol. The van der Waals surface area contributed by atoms with Gasteiger partial charge in [0.05, 0.1) is 25.2 Å². The Morgan fingerprint density at radius 1 is 0.492 bits per heavy atom. The molecule has 0 radical (unpaired) electrons. The molecule has 0 bridgehead atoms. The van der Waals surface area contributed by atoms with Crippen molar-refractivity contribution in [3.63, 3.8) is 0 Å². The Morgan fingerprint density at radius 2 is 0.864 bits per heavy atom. The van der Waals surface area contributed by atoms with Gasteiger partial charge in [-0.3, -0.25) is 9.59 Å². The van der Waals surface area contributed by atoms with Crippen molar-refractivity contribution in [2.75, 3.05) is 6.61 Å². The van der Waals surface area contributed by atoms with Crippen molar-refractivity contribution >= 4 is 11.9 Å². The van der Waals surface area contributed by atoms with Crippen molar-refractivity contribution in [1.82, 2.24) is 5.32 Å². The molecule has 0 aromatic heterocycles. The van der Waals surface area contributed by atoms with Crippen LogP contribution in [0.1, 0.15) is 265 Å². The highest BCUT2D eigenvalue weighted by molar-refractivity contribution is 5.77. The van der Waals surface area contributed by atoms with Crippen LogP contribution in [-0.2, 0) is 14.3 Å². The monoisotopic (exact) mass is 830 g/mol. The highest BCUT2D eigenvalue weighted by Gasteiger charge is 2.24. The number of allylic oxidation sites excluding steroid dienone is 6. The quantitative estimate of drug-likeness (QED) is 0.0246. The van der Waals surface area contributed by atoms with E-state index >= 15 is 0 Å². The minimum atomic E-state index is -0.789. The van der Waals surface area contributed by atoms with Crippen LogP contribution in [0.25, 0.3) is 0 Å². The summed E-state index contributed by atoms with van der Waals surface area (Å²) < 4.78 is 5.93. The number of aliphatic hydroxyl groups excluding tert-OH is 2. The summed E-state index contributed by atoms with van der Waals surface area (Å²) >= 11 is 0. The predicted octanol–water partition coefficient (Wildman–Crippen LogP) is 15.3. The van der Waals surface area contributed by atoms with Gasteiger partial charge < -0.3 is 20.3 Å². The summed E-state index contributed by atoms with van der Waals surface area (Å²) in [5, 5.41) is 23.7. The molecular formula is C53H99NO5. The highest BCUT2D eigenvalue weighted by Crippen LogP contribution is 2.18. The molecule has 0 aromatic rings. The molecule has 3 unspecified atom stereocenters.